The van der Waals surface area contributed by atoms with Crippen molar-refractivity contribution in [3.8, 4) is 5.75 Å². The normalized spacial score (nSPS) is 14.4. The summed E-state index contributed by atoms with van der Waals surface area (Å²) in [7, 11) is 0. The van der Waals surface area contributed by atoms with E-state index in [0.29, 0.717) is 24.9 Å². The molecule has 0 aliphatic heterocycles. The van der Waals surface area contributed by atoms with Crippen LogP contribution >= 0.6 is 0 Å². The Labute approximate surface area is 191 Å². The molecule has 1 rings (SSSR count). The lowest BCUT2D eigenvalue weighted by Crippen LogP contribution is -2.56. The minimum atomic E-state index is -1.27. The van der Waals surface area contributed by atoms with Gasteiger partial charge < -0.3 is 42.7 Å². The zero-order valence-electron chi connectivity index (χ0n) is 18.5. The minimum absolute atomic E-state index is 0.0264. The van der Waals surface area contributed by atoms with E-state index in [-0.39, 0.29) is 18.6 Å². The van der Waals surface area contributed by atoms with Gasteiger partial charge in [0, 0.05) is 6.42 Å². The maximum Gasteiger partial charge on any atom is 0.326 e. The zero-order valence-corrected chi connectivity index (χ0v) is 18.5. The fourth-order valence-corrected chi connectivity index (χ4v) is 2.87. The maximum absolute atomic E-state index is 12.8. The van der Waals surface area contributed by atoms with E-state index in [0.717, 1.165) is 0 Å². The molecule has 0 heterocycles. The fourth-order valence-electron chi connectivity index (χ4n) is 2.87. The number of aliphatic carboxylic acids is 1. The van der Waals surface area contributed by atoms with Crippen LogP contribution in [0.25, 0.3) is 0 Å². The number of phenolic OH excluding ortho intramolecular Hbond substituents is 1. The molecule has 10 N–H and O–H groups in total. The molecule has 0 bridgehead atoms. The number of nitrogens with two attached hydrogens (primary N) is 2. The number of aromatic hydroxyl groups is 1. The summed E-state index contributed by atoms with van der Waals surface area (Å²) in [6.45, 7) is 1.17. The second-order valence-corrected chi connectivity index (χ2v) is 7.63. The highest BCUT2D eigenvalue weighted by atomic mass is 16.4. The monoisotopic (exact) mass is 467 g/mol. The summed E-state index contributed by atoms with van der Waals surface area (Å²) in [6, 6.07) is 1.33. The Morgan fingerprint density at radius 3 is 2.09 bits per heavy atom. The van der Waals surface area contributed by atoms with Gasteiger partial charge in [0.25, 0.3) is 0 Å². The van der Waals surface area contributed by atoms with E-state index < -0.39 is 54.5 Å². The van der Waals surface area contributed by atoms with Crippen molar-refractivity contribution in [1.82, 2.24) is 16.0 Å². The predicted octanol–water partition coefficient (Wildman–Crippen LogP) is -2.06. The van der Waals surface area contributed by atoms with E-state index in [1.807, 2.05) is 0 Å². The molecule has 0 spiro atoms. The summed E-state index contributed by atoms with van der Waals surface area (Å²) < 4.78 is 0. The summed E-state index contributed by atoms with van der Waals surface area (Å²) in [4.78, 5) is 48.8. The average molecular weight is 468 g/mol. The van der Waals surface area contributed by atoms with Crippen molar-refractivity contribution in [3.05, 3.63) is 29.8 Å². The molecule has 3 amide bonds. The lowest BCUT2D eigenvalue weighted by Gasteiger charge is -2.24. The van der Waals surface area contributed by atoms with Gasteiger partial charge in [-0.1, -0.05) is 12.1 Å². The Morgan fingerprint density at radius 1 is 0.939 bits per heavy atom. The van der Waals surface area contributed by atoms with Crippen molar-refractivity contribution in [2.75, 3.05) is 13.2 Å². The predicted molar refractivity (Wildman–Crippen MR) is 119 cm³/mol. The molecule has 1 aromatic rings. The minimum Gasteiger partial charge on any atom is -0.508 e. The van der Waals surface area contributed by atoms with E-state index in [2.05, 4.69) is 16.0 Å². The van der Waals surface area contributed by atoms with Crippen LogP contribution in [0.3, 0.4) is 0 Å². The van der Waals surface area contributed by atoms with Crippen LogP contribution in [-0.4, -0.2) is 76.3 Å². The Bertz CT molecular complexity index is 803. The Hall–Kier alpha value is -3.22. The molecule has 0 fully saturated rings. The van der Waals surface area contributed by atoms with Gasteiger partial charge in [-0.3, -0.25) is 14.4 Å². The standard InChI is InChI=1S/C21H33N5O7/c1-12(24-19(30)15(23)11-27)18(29)25-16(4-2-3-9-22)20(31)26-17(21(32)33)10-13-5-7-14(28)8-6-13/h5-8,12,15-17,27-28H,2-4,9-11,22-23H2,1H3,(H,24,30)(H,25,29)(H,26,31)(H,32,33). The number of carbonyl (C=O) groups is 4. The number of unbranched alkanes of at least 4 members (excludes halogenated alkanes) is 1. The summed E-state index contributed by atoms with van der Waals surface area (Å²) >= 11 is 0. The topological polar surface area (TPSA) is 217 Å². The van der Waals surface area contributed by atoms with Crippen molar-refractivity contribution >= 4 is 23.7 Å². The second-order valence-electron chi connectivity index (χ2n) is 7.63. The number of benzene rings is 1. The molecule has 33 heavy (non-hydrogen) atoms. The van der Waals surface area contributed by atoms with Gasteiger partial charge in [-0.2, -0.15) is 0 Å². The largest absolute Gasteiger partial charge is 0.508 e. The van der Waals surface area contributed by atoms with E-state index in [9.17, 15) is 29.4 Å². The quantitative estimate of drug-likeness (QED) is 0.141. The molecule has 12 heteroatoms. The van der Waals surface area contributed by atoms with Gasteiger partial charge in [-0.25, -0.2) is 4.79 Å². The van der Waals surface area contributed by atoms with Crippen molar-refractivity contribution < 1.29 is 34.5 Å². The second kappa shape index (κ2) is 14.0. The zero-order chi connectivity index (χ0) is 25.0. The third kappa shape index (κ3) is 9.85. The molecule has 184 valence electrons. The Morgan fingerprint density at radius 2 is 1.55 bits per heavy atom. The Kier molecular flexibility index (Phi) is 11.8. The van der Waals surface area contributed by atoms with Crippen molar-refractivity contribution in [2.45, 2.75) is 56.8 Å². The summed E-state index contributed by atoms with van der Waals surface area (Å²) in [5.41, 5.74) is 11.5. The number of aliphatic hydroxyl groups excluding tert-OH is 1. The molecule has 0 aliphatic carbocycles. The number of nitrogens with one attached hydrogen (secondary N) is 3. The number of hydrogen-bond donors (Lipinski definition) is 8. The molecule has 1 aromatic carbocycles. The first-order chi connectivity index (χ1) is 15.6. The molecular formula is C21H33N5O7. The highest BCUT2D eigenvalue weighted by Crippen LogP contribution is 2.12. The number of carbonyl (C=O) groups excluding carboxylic acids is 3. The van der Waals surface area contributed by atoms with E-state index in [1.165, 1.54) is 19.1 Å². The highest BCUT2D eigenvalue weighted by molar-refractivity contribution is 5.93. The lowest BCUT2D eigenvalue weighted by atomic mass is 10.0. The van der Waals surface area contributed by atoms with E-state index in [1.54, 1.807) is 12.1 Å². The van der Waals surface area contributed by atoms with Gasteiger partial charge >= 0.3 is 5.97 Å². The Balaban J connectivity index is 2.86. The van der Waals surface area contributed by atoms with Crippen LogP contribution in [0.4, 0.5) is 0 Å². The number of carboxylic acids is 1. The fraction of sp³-hybridized carbons (Fsp3) is 0.524. The van der Waals surface area contributed by atoms with Crippen molar-refractivity contribution in [1.29, 1.82) is 0 Å². The van der Waals surface area contributed by atoms with Gasteiger partial charge in [-0.05, 0) is 50.4 Å². The van der Waals surface area contributed by atoms with Gasteiger partial charge in [-0.15, -0.1) is 0 Å². The molecule has 0 aliphatic rings. The van der Waals surface area contributed by atoms with Crippen LogP contribution in [0.5, 0.6) is 5.75 Å². The van der Waals surface area contributed by atoms with Crippen LogP contribution < -0.4 is 27.4 Å². The number of phenols is 1. The number of carboxylic acid groups (broad SMARTS) is 1. The van der Waals surface area contributed by atoms with Crippen LogP contribution in [0.2, 0.25) is 0 Å². The summed E-state index contributed by atoms with van der Waals surface area (Å²) in [5.74, 6) is -3.34. The lowest BCUT2D eigenvalue weighted by molar-refractivity contribution is -0.142. The van der Waals surface area contributed by atoms with Crippen molar-refractivity contribution in [2.24, 2.45) is 11.5 Å². The first-order valence-electron chi connectivity index (χ1n) is 10.6. The number of amides is 3. The first kappa shape index (κ1) is 27.8. The first-order valence-corrected chi connectivity index (χ1v) is 10.6. The summed E-state index contributed by atoms with van der Waals surface area (Å²) in [6.07, 6.45) is 1.27. The van der Waals surface area contributed by atoms with Gasteiger partial charge in [0.2, 0.25) is 17.7 Å². The molecule has 0 saturated carbocycles. The van der Waals surface area contributed by atoms with Crippen LogP contribution in [-0.2, 0) is 25.6 Å². The highest BCUT2D eigenvalue weighted by Gasteiger charge is 2.28. The van der Waals surface area contributed by atoms with E-state index in [4.69, 9.17) is 16.6 Å². The van der Waals surface area contributed by atoms with E-state index >= 15 is 0 Å². The molecule has 4 unspecified atom stereocenters. The number of hydrogen-bond acceptors (Lipinski definition) is 8. The van der Waals surface area contributed by atoms with Crippen LogP contribution in [0.1, 0.15) is 31.7 Å². The molecule has 0 saturated heterocycles. The van der Waals surface area contributed by atoms with Gasteiger partial charge in [0.1, 0.15) is 29.9 Å². The number of rotatable bonds is 14. The molecule has 0 aromatic heterocycles. The smallest absolute Gasteiger partial charge is 0.326 e. The number of aliphatic hydroxyl groups is 1. The molecule has 12 nitrogen and oxygen atoms in total. The molecule has 0 radical (unpaired) electrons. The maximum atomic E-state index is 12.8. The summed E-state index contributed by atoms with van der Waals surface area (Å²) in [5, 5.41) is 35.1. The van der Waals surface area contributed by atoms with Crippen LogP contribution in [0, 0.1) is 0 Å². The third-order valence-electron chi connectivity index (χ3n) is 4.86. The molecule has 4 atom stereocenters. The van der Waals surface area contributed by atoms with Gasteiger partial charge in [0.15, 0.2) is 0 Å². The SMILES string of the molecule is CC(NC(=O)C(N)CO)C(=O)NC(CCCCN)C(=O)NC(Cc1ccc(O)cc1)C(=O)O. The molecular weight excluding hydrogens is 434 g/mol. The van der Waals surface area contributed by atoms with Crippen molar-refractivity contribution in [3.63, 3.8) is 0 Å². The van der Waals surface area contributed by atoms with Crippen LogP contribution in [0.15, 0.2) is 24.3 Å². The van der Waals surface area contributed by atoms with Gasteiger partial charge in [0.05, 0.1) is 6.61 Å². The average Bonchev–Trinajstić information content (AvgIpc) is 2.78. The third-order valence-corrected chi connectivity index (χ3v) is 4.86.